The number of rotatable bonds is 6. The van der Waals surface area contributed by atoms with Crippen LogP contribution in [0.2, 0.25) is 0 Å². The fourth-order valence-corrected chi connectivity index (χ4v) is 3.63. The highest BCUT2D eigenvalue weighted by molar-refractivity contribution is 5.75. The number of carbonyl (C=O) groups excluding carboxylic acids is 1. The highest BCUT2D eigenvalue weighted by Crippen LogP contribution is 2.35. The van der Waals surface area contributed by atoms with Crippen LogP contribution in [0.4, 0.5) is 4.79 Å². The Morgan fingerprint density at radius 3 is 2.68 bits per heavy atom. The Balaban J connectivity index is 1.71. The predicted octanol–water partition coefficient (Wildman–Crippen LogP) is 3.83. The molecule has 1 aliphatic rings. The summed E-state index contributed by atoms with van der Waals surface area (Å²) in [6, 6.07) is 18.3. The number of amides is 2. The lowest BCUT2D eigenvalue weighted by atomic mass is 10.0. The zero-order valence-corrected chi connectivity index (χ0v) is 14.7. The van der Waals surface area contributed by atoms with E-state index in [1.165, 1.54) is 11.1 Å². The number of aliphatic hydroxyl groups is 1. The van der Waals surface area contributed by atoms with E-state index >= 15 is 0 Å². The van der Waals surface area contributed by atoms with Crippen LogP contribution in [-0.4, -0.2) is 29.7 Å². The number of nitrogens with zero attached hydrogens (tertiary/aromatic N) is 1. The molecule has 0 radical (unpaired) electrons. The largest absolute Gasteiger partial charge is 0.396 e. The summed E-state index contributed by atoms with van der Waals surface area (Å²) >= 11 is 0. The van der Waals surface area contributed by atoms with Crippen LogP contribution >= 0.6 is 0 Å². The van der Waals surface area contributed by atoms with Crippen molar-refractivity contribution in [2.24, 2.45) is 0 Å². The van der Waals surface area contributed by atoms with Gasteiger partial charge in [0.15, 0.2) is 0 Å². The number of carbonyl (C=O) groups is 1. The van der Waals surface area contributed by atoms with Gasteiger partial charge in [-0.3, -0.25) is 0 Å². The van der Waals surface area contributed by atoms with E-state index < -0.39 is 0 Å². The molecule has 1 aliphatic carbocycles. The average molecular weight is 338 g/mol. The van der Waals surface area contributed by atoms with Crippen molar-refractivity contribution in [1.29, 1.82) is 0 Å². The quantitative estimate of drug-likeness (QED) is 0.841. The van der Waals surface area contributed by atoms with Gasteiger partial charge < -0.3 is 15.3 Å². The van der Waals surface area contributed by atoms with Crippen molar-refractivity contribution in [3.05, 3.63) is 71.3 Å². The Bertz CT molecular complexity index is 702. The summed E-state index contributed by atoms with van der Waals surface area (Å²) in [4.78, 5) is 14.7. The van der Waals surface area contributed by atoms with Gasteiger partial charge in [0.1, 0.15) is 0 Å². The van der Waals surface area contributed by atoms with E-state index in [2.05, 4.69) is 23.5 Å². The molecule has 0 saturated heterocycles. The molecule has 25 heavy (non-hydrogen) atoms. The monoisotopic (exact) mass is 338 g/mol. The van der Waals surface area contributed by atoms with Crippen LogP contribution in [0, 0.1) is 0 Å². The van der Waals surface area contributed by atoms with Gasteiger partial charge in [0.2, 0.25) is 0 Å². The fraction of sp³-hybridized carbons (Fsp3) is 0.381. The first kappa shape index (κ1) is 17.5. The lowest BCUT2D eigenvalue weighted by Crippen LogP contribution is -2.41. The maximum atomic E-state index is 12.8. The first-order valence-corrected chi connectivity index (χ1v) is 8.97. The van der Waals surface area contributed by atoms with Gasteiger partial charge in [0.25, 0.3) is 0 Å². The third-order valence-corrected chi connectivity index (χ3v) is 5.04. The smallest absolute Gasteiger partial charge is 0.318 e. The molecule has 4 heteroatoms. The van der Waals surface area contributed by atoms with Crippen molar-refractivity contribution >= 4 is 6.03 Å². The molecule has 2 aromatic carbocycles. The molecule has 0 spiro atoms. The average Bonchev–Trinajstić information content (AvgIpc) is 3.09. The van der Waals surface area contributed by atoms with Gasteiger partial charge in [0, 0.05) is 13.7 Å². The van der Waals surface area contributed by atoms with Crippen LogP contribution < -0.4 is 5.32 Å². The van der Waals surface area contributed by atoms with Crippen LogP contribution in [0.5, 0.6) is 0 Å². The van der Waals surface area contributed by atoms with E-state index in [1.807, 2.05) is 48.3 Å². The van der Waals surface area contributed by atoms with Crippen LogP contribution in [0.15, 0.2) is 54.6 Å². The molecular formula is C21H26N2O2. The Labute approximate surface area is 149 Å². The van der Waals surface area contributed by atoms with Gasteiger partial charge in [0.05, 0.1) is 12.1 Å². The topological polar surface area (TPSA) is 52.6 Å². The zero-order chi connectivity index (χ0) is 17.6. The highest BCUT2D eigenvalue weighted by Gasteiger charge is 2.29. The van der Waals surface area contributed by atoms with Crippen molar-refractivity contribution in [2.45, 2.75) is 37.8 Å². The highest BCUT2D eigenvalue weighted by atomic mass is 16.3. The molecule has 2 atom stereocenters. The summed E-state index contributed by atoms with van der Waals surface area (Å²) in [6.07, 6.45) is 3.37. The maximum absolute atomic E-state index is 12.8. The normalized spacial score (nSPS) is 17.0. The third-order valence-electron chi connectivity index (χ3n) is 5.04. The van der Waals surface area contributed by atoms with Gasteiger partial charge in [-0.15, -0.1) is 0 Å². The summed E-state index contributed by atoms with van der Waals surface area (Å²) in [5.41, 5.74) is 3.67. The number of urea groups is 1. The van der Waals surface area contributed by atoms with Crippen LogP contribution in [-0.2, 0) is 6.42 Å². The zero-order valence-electron chi connectivity index (χ0n) is 14.7. The second-order valence-electron chi connectivity index (χ2n) is 6.64. The Morgan fingerprint density at radius 2 is 1.92 bits per heavy atom. The molecule has 132 valence electrons. The number of fused-ring (bicyclic) bond motifs is 1. The molecule has 0 aliphatic heterocycles. The van der Waals surface area contributed by atoms with Gasteiger partial charge in [-0.2, -0.15) is 0 Å². The minimum absolute atomic E-state index is 0.0616. The molecule has 4 nitrogen and oxygen atoms in total. The van der Waals surface area contributed by atoms with E-state index in [0.29, 0.717) is 6.42 Å². The van der Waals surface area contributed by atoms with E-state index in [0.717, 1.165) is 24.8 Å². The fourth-order valence-electron chi connectivity index (χ4n) is 3.63. The maximum Gasteiger partial charge on any atom is 0.318 e. The summed E-state index contributed by atoms with van der Waals surface area (Å²) in [5.74, 6) is 0. The molecule has 0 fully saturated rings. The Kier molecular flexibility index (Phi) is 5.71. The Hall–Kier alpha value is -2.33. The van der Waals surface area contributed by atoms with Crippen LogP contribution in [0.1, 0.15) is 48.0 Å². The summed E-state index contributed by atoms with van der Waals surface area (Å²) in [7, 11) is 1.87. The molecule has 2 N–H and O–H groups in total. The van der Waals surface area contributed by atoms with Gasteiger partial charge >= 0.3 is 6.03 Å². The molecule has 2 unspecified atom stereocenters. The summed E-state index contributed by atoms with van der Waals surface area (Å²) in [6.45, 7) is 0.130. The molecular weight excluding hydrogens is 312 g/mol. The minimum Gasteiger partial charge on any atom is -0.396 e. The molecule has 0 heterocycles. The van der Waals surface area contributed by atoms with E-state index in [-0.39, 0.29) is 24.7 Å². The van der Waals surface area contributed by atoms with Gasteiger partial charge in [-0.1, -0.05) is 54.6 Å². The van der Waals surface area contributed by atoms with Crippen LogP contribution in [0.3, 0.4) is 0 Å². The van der Waals surface area contributed by atoms with Crippen LogP contribution in [0.25, 0.3) is 0 Å². The molecule has 2 aromatic rings. The van der Waals surface area contributed by atoms with Gasteiger partial charge in [-0.05, 0) is 42.4 Å². The second kappa shape index (κ2) is 8.17. The number of aryl methyl sites for hydroxylation is 1. The SMILES string of the molecule is CN(C(=O)NC(CCCO)c1ccccc1)C1CCc2ccccc21. The lowest BCUT2D eigenvalue weighted by Gasteiger charge is -2.28. The number of hydrogen-bond donors (Lipinski definition) is 2. The molecule has 0 aromatic heterocycles. The molecule has 0 saturated carbocycles. The van der Waals surface area contributed by atoms with Crippen molar-refractivity contribution in [3.63, 3.8) is 0 Å². The minimum atomic E-state index is -0.0834. The third kappa shape index (κ3) is 4.02. The first-order valence-electron chi connectivity index (χ1n) is 8.97. The number of aliphatic hydroxyl groups excluding tert-OH is 1. The standard InChI is InChI=1S/C21H26N2O2/c1-23(20-14-13-16-8-5-6-11-18(16)20)21(25)22-19(12-7-15-24)17-9-3-2-4-10-17/h2-6,8-11,19-20,24H,7,12-15H2,1H3,(H,22,25). The number of nitrogens with one attached hydrogen (secondary N) is 1. The molecule has 2 amide bonds. The first-order chi connectivity index (χ1) is 12.2. The number of hydrogen-bond acceptors (Lipinski definition) is 2. The lowest BCUT2D eigenvalue weighted by molar-refractivity contribution is 0.184. The Morgan fingerprint density at radius 1 is 1.20 bits per heavy atom. The van der Waals surface area contributed by atoms with Crippen molar-refractivity contribution in [1.82, 2.24) is 10.2 Å². The molecule has 3 rings (SSSR count). The van der Waals surface area contributed by atoms with E-state index in [4.69, 9.17) is 5.11 Å². The second-order valence-corrected chi connectivity index (χ2v) is 6.64. The number of benzene rings is 2. The van der Waals surface area contributed by atoms with Crippen molar-refractivity contribution < 1.29 is 9.90 Å². The van der Waals surface area contributed by atoms with E-state index in [1.54, 1.807) is 0 Å². The summed E-state index contributed by atoms with van der Waals surface area (Å²) < 4.78 is 0. The predicted molar refractivity (Wildman–Crippen MR) is 99.3 cm³/mol. The molecule has 0 bridgehead atoms. The summed E-state index contributed by atoms with van der Waals surface area (Å²) in [5, 5.41) is 12.3. The van der Waals surface area contributed by atoms with Crippen molar-refractivity contribution in [3.8, 4) is 0 Å². The van der Waals surface area contributed by atoms with Crippen molar-refractivity contribution in [2.75, 3.05) is 13.7 Å². The van der Waals surface area contributed by atoms with E-state index in [9.17, 15) is 4.79 Å². The van der Waals surface area contributed by atoms with Gasteiger partial charge in [-0.25, -0.2) is 4.79 Å².